The summed E-state index contributed by atoms with van der Waals surface area (Å²) < 4.78 is 4.76. The third kappa shape index (κ3) is 6.23. The molecular formula is C13H16Cl2N2O3. The van der Waals surface area contributed by atoms with Crippen molar-refractivity contribution in [1.29, 1.82) is 0 Å². The molecule has 0 aliphatic carbocycles. The highest BCUT2D eigenvalue weighted by molar-refractivity contribution is 6.42. The first-order valence-corrected chi connectivity index (χ1v) is 6.89. The standard InChI is InChI=1S/C13H16Cl2N2O3/c1-2-20-13(19)5-6-16-8-12(18)17-9-3-4-10(14)11(15)7-9/h3-4,7,16H,2,5-6,8H2,1H3,(H,17,18). The second-order valence-corrected chi connectivity index (χ2v) is 4.72. The van der Waals surface area contributed by atoms with Crippen LogP contribution in [0.5, 0.6) is 0 Å². The number of nitrogens with one attached hydrogen (secondary N) is 2. The fourth-order valence-corrected chi connectivity index (χ4v) is 1.70. The van der Waals surface area contributed by atoms with Crippen molar-refractivity contribution in [3.63, 3.8) is 0 Å². The Morgan fingerprint density at radius 2 is 2.00 bits per heavy atom. The highest BCUT2D eigenvalue weighted by atomic mass is 35.5. The smallest absolute Gasteiger partial charge is 0.307 e. The number of benzene rings is 1. The molecule has 1 aromatic rings. The molecule has 0 bridgehead atoms. The summed E-state index contributed by atoms with van der Waals surface area (Å²) in [6.07, 6.45) is 0.230. The van der Waals surface area contributed by atoms with Crippen LogP contribution in [0.4, 0.5) is 5.69 Å². The molecule has 0 unspecified atom stereocenters. The Labute approximate surface area is 127 Å². The molecular weight excluding hydrogens is 303 g/mol. The molecule has 0 fully saturated rings. The number of ether oxygens (including phenoxy) is 1. The summed E-state index contributed by atoms with van der Waals surface area (Å²) in [5, 5.41) is 6.31. The highest BCUT2D eigenvalue weighted by Crippen LogP contribution is 2.24. The first-order valence-electron chi connectivity index (χ1n) is 6.14. The molecule has 20 heavy (non-hydrogen) atoms. The van der Waals surface area contributed by atoms with Gasteiger partial charge in [0, 0.05) is 12.2 Å². The van der Waals surface area contributed by atoms with Crippen LogP contribution < -0.4 is 10.6 Å². The maximum absolute atomic E-state index is 11.6. The van der Waals surface area contributed by atoms with Crippen LogP contribution in [0.3, 0.4) is 0 Å². The topological polar surface area (TPSA) is 67.4 Å². The van der Waals surface area contributed by atoms with E-state index < -0.39 is 0 Å². The van der Waals surface area contributed by atoms with Crippen LogP contribution in [0.2, 0.25) is 10.0 Å². The van der Waals surface area contributed by atoms with Crippen molar-refractivity contribution in [1.82, 2.24) is 5.32 Å². The van der Waals surface area contributed by atoms with Crippen molar-refractivity contribution in [2.75, 3.05) is 25.0 Å². The average molecular weight is 319 g/mol. The van der Waals surface area contributed by atoms with Crippen LogP contribution in [-0.4, -0.2) is 31.6 Å². The molecule has 2 N–H and O–H groups in total. The molecule has 0 aliphatic rings. The lowest BCUT2D eigenvalue weighted by Gasteiger charge is -2.07. The zero-order chi connectivity index (χ0) is 15.0. The molecule has 0 aromatic heterocycles. The van der Waals surface area contributed by atoms with Crippen molar-refractivity contribution in [2.45, 2.75) is 13.3 Å². The van der Waals surface area contributed by atoms with Crippen molar-refractivity contribution in [2.24, 2.45) is 0 Å². The van der Waals surface area contributed by atoms with E-state index in [9.17, 15) is 9.59 Å². The Bertz CT molecular complexity index is 481. The van der Waals surface area contributed by atoms with Gasteiger partial charge < -0.3 is 15.4 Å². The monoisotopic (exact) mass is 318 g/mol. The third-order valence-corrected chi connectivity index (χ3v) is 3.04. The molecule has 0 radical (unpaired) electrons. The van der Waals surface area contributed by atoms with E-state index in [-0.39, 0.29) is 24.8 Å². The number of carbonyl (C=O) groups is 2. The minimum absolute atomic E-state index is 0.0969. The van der Waals surface area contributed by atoms with Gasteiger partial charge in [0.1, 0.15) is 0 Å². The minimum Gasteiger partial charge on any atom is -0.466 e. The summed E-state index contributed by atoms with van der Waals surface area (Å²) >= 11 is 11.6. The summed E-state index contributed by atoms with van der Waals surface area (Å²) in [5.41, 5.74) is 0.566. The molecule has 1 aromatic carbocycles. The predicted molar refractivity (Wildman–Crippen MR) is 79.2 cm³/mol. The first kappa shape index (κ1) is 16.8. The Hall–Kier alpha value is -1.30. The molecule has 110 valence electrons. The van der Waals surface area contributed by atoms with Crippen LogP contribution >= 0.6 is 23.2 Å². The number of hydrogen-bond acceptors (Lipinski definition) is 4. The van der Waals surface area contributed by atoms with Crippen LogP contribution in [0, 0.1) is 0 Å². The van der Waals surface area contributed by atoms with E-state index in [1.807, 2.05) is 0 Å². The SMILES string of the molecule is CCOC(=O)CCNCC(=O)Nc1ccc(Cl)c(Cl)c1. The Balaban J connectivity index is 2.26. The molecule has 0 heterocycles. The van der Waals surface area contributed by atoms with Gasteiger partial charge in [-0.05, 0) is 25.1 Å². The fraction of sp³-hybridized carbons (Fsp3) is 0.385. The molecule has 0 saturated heterocycles. The lowest BCUT2D eigenvalue weighted by atomic mass is 10.3. The van der Waals surface area contributed by atoms with Crippen LogP contribution in [0.1, 0.15) is 13.3 Å². The molecule has 1 rings (SSSR count). The molecule has 5 nitrogen and oxygen atoms in total. The van der Waals surface area contributed by atoms with Gasteiger partial charge in [0.05, 0.1) is 29.6 Å². The van der Waals surface area contributed by atoms with Gasteiger partial charge in [-0.1, -0.05) is 23.2 Å². The van der Waals surface area contributed by atoms with E-state index in [2.05, 4.69) is 10.6 Å². The van der Waals surface area contributed by atoms with Gasteiger partial charge in [0.2, 0.25) is 5.91 Å². The maximum atomic E-state index is 11.6. The number of carbonyl (C=O) groups excluding carboxylic acids is 2. The number of anilines is 1. The number of esters is 1. The van der Waals surface area contributed by atoms with Crippen molar-refractivity contribution in [3.05, 3.63) is 28.2 Å². The molecule has 1 amide bonds. The number of hydrogen-bond donors (Lipinski definition) is 2. The van der Waals surface area contributed by atoms with Gasteiger partial charge in [0.15, 0.2) is 0 Å². The van der Waals surface area contributed by atoms with Crippen molar-refractivity contribution < 1.29 is 14.3 Å². The minimum atomic E-state index is -0.287. The zero-order valence-corrected chi connectivity index (χ0v) is 12.6. The summed E-state index contributed by atoms with van der Waals surface area (Å²) in [6, 6.07) is 4.83. The quantitative estimate of drug-likeness (QED) is 0.598. The summed E-state index contributed by atoms with van der Waals surface area (Å²) in [5.74, 6) is -0.517. The van der Waals surface area contributed by atoms with Gasteiger partial charge in [-0.15, -0.1) is 0 Å². The number of rotatable bonds is 7. The summed E-state index contributed by atoms with van der Waals surface area (Å²) in [4.78, 5) is 22.7. The highest BCUT2D eigenvalue weighted by Gasteiger charge is 2.05. The lowest BCUT2D eigenvalue weighted by molar-refractivity contribution is -0.143. The van der Waals surface area contributed by atoms with Gasteiger partial charge in [-0.3, -0.25) is 9.59 Å². The zero-order valence-electron chi connectivity index (χ0n) is 11.0. The third-order valence-electron chi connectivity index (χ3n) is 2.30. The second-order valence-electron chi connectivity index (χ2n) is 3.91. The van der Waals surface area contributed by atoms with Crippen LogP contribution in [0.15, 0.2) is 18.2 Å². The summed E-state index contributed by atoms with van der Waals surface area (Å²) in [6.45, 7) is 2.58. The largest absolute Gasteiger partial charge is 0.466 e. The van der Waals surface area contributed by atoms with Gasteiger partial charge in [-0.25, -0.2) is 0 Å². The van der Waals surface area contributed by atoms with Crippen molar-refractivity contribution >= 4 is 40.8 Å². The molecule has 0 spiro atoms. The van der Waals surface area contributed by atoms with Crippen LogP contribution in [0.25, 0.3) is 0 Å². The van der Waals surface area contributed by atoms with Crippen molar-refractivity contribution in [3.8, 4) is 0 Å². The normalized spacial score (nSPS) is 10.2. The Morgan fingerprint density at radius 1 is 1.25 bits per heavy atom. The van der Waals surface area contributed by atoms with Gasteiger partial charge in [-0.2, -0.15) is 0 Å². The van der Waals surface area contributed by atoms with Gasteiger partial charge >= 0.3 is 5.97 Å². The van der Waals surface area contributed by atoms with E-state index in [1.165, 1.54) is 0 Å². The number of amides is 1. The van der Waals surface area contributed by atoms with Gasteiger partial charge in [0.25, 0.3) is 0 Å². The first-order chi connectivity index (χ1) is 9.52. The number of halogens is 2. The van der Waals surface area contributed by atoms with Crippen LogP contribution in [-0.2, 0) is 14.3 Å². The fourth-order valence-electron chi connectivity index (χ4n) is 1.40. The lowest BCUT2D eigenvalue weighted by Crippen LogP contribution is -2.29. The van der Waals surface area contributed by atoms with E-state index in [1.54, 1.807) is 25.1 Å². The Morgan fingerprint density at radius 3 is 2.65 bits per heavy atom. The van der Waals surface area contributed by atoms with E-state index >= 15 is 0 Å². The average Bonchev–Trinajstić information content (AvgIpc) is 2.39. The van der Waals surface area contributed by atoms with E-state index in [0.29, 0.717) is 28.9 Å². The second kappa shape index (κ2) is 8.79. The summed E-state index contributed by atoms with van der Waals surface area (Å²) in [7, 11) is 0. The predicted octanol–water partition coefficient (Wildman–Crippen LogP) is 2.47. The van der Waals surface area contributed by atoms with E-state index in [0.717, 1.165) is 0 Å². The molecule has 0 saturated carbocycles. The molecule has 0 atom stereocenters. The maximum Gasteiger partial charge on any atom is 0.307 e. The Kier molecular flexibility index (Phi) is 7.36. The molecule has 7 heteroatoms. The molecule has 0 aliphatic heterocycles. The van der Waals surface area contributed by atoms with E-state index in [4.69, 9.17) is 27.9 Å².